The minimum absolute atomic E-state index is 0.338. The Morgan fingerprint density at radius 2 is 1.96 bits per heavy atom. The van der Waals surface area contributed by atoms with E-state index in [0.29, 0.717) is 23.5 Å². The van der Waals surface area contributed by atoms with E-state index in [0.717, 1.165) is 51.6 Å². The zero-order valence-electron chi connectivity index (χ0n) is 15.5. The summed E-state index contributed by atoms with van der Waals surface area (Å²) in [5, 5.41) is 7.27. The van der Waals surface area contributed by atoms with Crippen molar-refractivity contribution in [2.45, 2.75) is 70.4 Å². The lowest BCUT2D eigenvalue weighted by Gasteiger charge is -2.58. The van der Waals surface area contributed by atoms with Gasteiger partial charge in [-0.05, 0) is 44.9 Å². The van der Waals surface area contributed by atoms with Gasteiger partial charge in [0.1, 0.15) is 0 Å². The summed E-state index contributed by atoms with van der Waals surface area (Å²) in [6.07, 6.45) is 10.5. The molecule has 1 heterocycles. The van der Waals surface area contributed by atoms with Crippen LogP contribution in [0.1, 0.15) is 58.3 Å². The number of aliphatic imine (C=N–C) groups is 1. The van der Waals surface area contributed by atoms with E-state index in [1.54, 1.807) is 0 Å². The Morgan fingerprint density at radius 3 is 2.62 bits per heavy atom. The summed E-state index contributed by atoms with van der Waals surface area (Å²) < 4.78 is 11.5. The topological polar surface area (TPSA) is 54.9 Å². The van der Waals surface area contributed by atoms with Crippen LogP contribution in [0, 0.1) is 11.3 Å². The highest BCUT2D eigenvalue weighted by Crippen LogP contribution is 2.53. The van der Waals surface area contributed by atoms with Gasteiger partial charge in [-0.3, -0.25) is 4.99 Å². The summed E-state index contributed by atoms with van der Waals surface area (Å²) >= 11 is 0. The molecule has 138 valence electrons. The van der Waals surface area contributed by atoms with Crippen molar-refractivity contribution in [3.8, 4) is 0 Å². The lowest BCUT2D eigenvalue weighted by Crippen LogP contribution is -2.66. The Kier molecular flexibility index (Phi) is 6.39. The third-order valence-corrected chi connectivity index (χ3v) is 6.37. The number of hydrogen-bond acceptors (Lipinski definition) is 3. The molecule has 0 aromatic heterocycles. The highest BCUT2D eigenvalue weighted by atomic mass is 16.5. The molecule has 5 heteroatoms. The van der Waals surface area contributed by atoms with Gasteiger partial charge in [0.2, 0.25) is 0 Å². The predicted molar refractivity (Wildman–Crippen MR) is 97.4 cm³/mol. The van der Waals surface area contributed by atoms with Gasteiger partial charge in [0.05, 0.1) is 6.10 Å². The van der Waals surface area contributed by atoms with Crippen LogP contribution in [0.2, 0.25) is 0 Å². The molecule has 2 unspecified atom stereocenters. The Bertz CT molecular complexity index is 415. The highest BCUT2D eigenvalue weighted by Gasteiger charge is 2.55. The minimum Gasteiger partial charge on any atom is -0.381 e. The van der Waals surface area contributed by atoms with E-state index in [9.17, 15) is 0 Å². The summed E-state index contributed by atoms with van der Waals surface area (Å²) in [5.74, 6) is 1.67. The van der Waals surface area contributed by atoms with E-state index in [-0.39, 0.29) is 0 Å². The van der Waals surface area contributed by atoms with Gasteiger partial charge >= 0.3 is 0 Å². The van der Waals surface area contributed by atoms with Crippen LogP contribution >= 0.6 is 0 Å². The van der Waals surface area contributed by atoms with Crippen LogP contribution < -0.4 is 10.6 Å². The van der Waals surface area contributed by atoms with Crippen molar-refractivity contribution in [3.05, 3.63) is 0 Å². The van der Waals surface area contributed by atoms with Gasteiger partial charge in [-0.15, -0.1) is 0 Å². The van der Waals surface area contributed by atoms with E-state index >= 15 is 0 Å². The van der Waals surface area contributed by atoms with E-state index in [2.05, 4.69) is 22.5 Å². The molecule has 0 radical (unpaired) electrons. The molecule has 0 aromatic rings. The van der Waals surface area contributed by atoms with Crippen LogP contribution in [0.5, 0.6) is 0 Å². The summed E-state index contributed by atoms with van der Waals surface area (Å²) in [4.78, 5) is 4.47. The summed E-state index contributed by atoms with van der Waals surface area (Å²) in [5.41, 5.74) is 0.338. The van der Waals surface area contributed by atoms with Gasteiger partial charge < -0.3 is 20.1 Å². The van der Waals surface area contributed by atoms with Crippen molar-refractivity contribution in [3.63, 3.8) is 0 Å². The molecular weight excluding hydrogens is 302 g/mol. The van der Waals surface area contributed by atoms with Crippen LogP contribution in [0.25, 0.3) is 0 Å². The molecule has 2 saturated carbocycles. The number of guanidine groups is 1. The SMILES string of the molecule is CCOC1CC(NC(=NC)NCC2CCOCC2)C12CCCCC2. The third-order valence-electron chi connectivity index (χ3n) is 6.37. The second-order valence-corrected chi connectivity index (χ2v) is 7.68. The fraction of sp³-hybridized carbons (Fsp3) is 0.947. The second kappa shape index (κ2) is 8.52. The van der Waals surface area contributed by atoms with E-state index < -0.39 is 0 Å². The highest BCUT2D eigenvalue weighted by molar-refractivity contribution is 5.80. The third kappa shape index (κ3) is 3.88. The molecule has 2 aliphatic carbocycles. The average molecular weight is 338 g/mol. The minimum atomic E-state index is 0.338. The summed E-state index contributed by atoms with van der Waals surface area (Å²) in [6.45, 7) is 5.75. The molecule has 1 saturated heterocycles. The number of rotatable bonds is 5. The van der Waals surface area contributed by atoms with Crippen molar-refractivity contribution in [1.82, 2.24) is 10.6 Å². The standard InChI is InChI=1S/C19H35N3O2/c1-3-24-17-13-16(19(17)9-5-4-6-10-19)22-18(20-2)21-14-15-7-11-23-12-8-15/h15-17H,3-14H2,1-2H3,(H2,20,21,22). The Morgan fingerprint density at radius 1 is 1.21 bits per heavy atom. The van der Waals surface area contributed by atoms with Crippen molar-refractivity contribution in [2.75, 3.05) is 33.4 Å². The maximum Gasteiger partial charge on any atom is 0.191 e. The summed E-state index contributed by atoms with van der Waals surface area (Å²) in [7, 11) is 1.88. The predicted octanol–water partition coefficient (Wildman–Crippen LogP) is 2.71. The van der Waals surface area contributed by atoms with Gasteiger partial charge in [-0.2, -0.15) is 0 Å². The lowest BCUT2D eigenvalue weighted by molar-refractivity contribution is -0.145. The smallest absolute Gasteiger partial charge is 0.191 e. The molecule has 2 N–H and O–H groups in total. The molecule has 3 rings (SSSR count). The maximum atomic E-state index is 6.06. The first kappa shape index (κ1) is 18.0. The number of ether oxygens (including phenoxy) is 2. The Balaban J connectivity index is 1.52. The molecule has 1 spiro atoms. The van der Waals surface area contributed by atoms with Crippen LogP contribution in [0.4, 0.5) is 0 Å². The van der Waals surface area contributed by atoms with E-state index in [1.165, 1.54) is 32.1 Å². The van der Waals surface area contributed by atoms with Gasteiger partial charge in [-0.1, -0.05) is 19.3 Å². The molecule has 3 aliphatic rings. The Hall–Kier alpha value is -0.810. The molecule has 3 fully saturated rings. The van der Waals surface area contributed by atoms with Crippen molar-refractivity contribution in [2.24, 2.45) is 16.3 Å². The number of nitrogens with zero attached hydrogens (tertiary/aromatic N) is 1. The van der Waals surface area contributed by atoms with E-state index in [4.69, 9.17) is 9.47 Å². The average Bonchev–Trinajstić information content (AvgIpc) is 2.65. The molecular formula is C19H35N3O2. The molecule has 1 aliphatic heterocycles. The summed E-state index contributed by atoms with van der Waals surface area (Å²) in [6, 6.07) is 0.509. The maximum absolute atomic E-state index is 6.06. The van der Waals surface area contributed by atoms with Crippen molar-refractivity contribution in [1.29, 1.82) is 0 Å². The van der Waals surface area contributed by atoms with Gasteiger partial charge in [0, 0.05) is 44.9 Å². The van der Waals surface area contributed by atoms with Crippen LogP contribution in [0.15, 0.2) is 4.99 Å². The second-order valence-electron chi connectivity index (χ2n) is 7.68. The van der Waals surface area contributed by atoms with Crippen molar-refractivity contribution >= 4 is 5.96 Å². The van der Waals surface area contributed by atoms with Gasteiger partial charge in [0.15, 0.2) is 5.96 Å². The first-order valence-electron chi connectivity index (χ1n) is 9.95. The zero-order valence-corrected chi connectivity index (χ0v) is 15.5. The van der Waals surface area contributed by atoms with E-state index in [1.807, 2.05) is 7.05 Å². The molecule has 0 aromatic carbocycles. The zero-order chi connectivity index (χ0) is 16.8. The normalized spacial score (nSPS) is 30.8. The number of hydrogen-bond donors (Lipinski definition) is 2. The van der Waals surface area contributed by atoms with Crippen LogP contribution in [-0.2, 0) is 9.47 Å². The molecule has 5 nitrogen and oxygen atoms in total. The molecule has 2 atom stereocenters. The Labute approximate surface area is 147 Å². The fourth-order valence-corrected chi connectivity index (χ4v) is 4.82. The number of nitrogens with one attached hydrogen (secondary N) is 2. The molecule has 0 amide bonds. The van der Waals surface area contributed by atoms with Crippen LogP contribution in [0.3, 0.4) is 0 Å². The molecule has 0 bridgehead atoms. The fourth-order valence-electron chi connectivity index (χ4n) is 4.82. The first-order chi connectivity index (χ1) is 11.8. The first-order valence-corrected chi connectivity index (χ1v) is 9.95. The monoisotopic (exact) mass is 337 g/mol. The largest absolute Gasteiger partial charge is 0.381 e. The van der Waals surface area contributed by atoms with Gasteiger partial charge in [0.25, 0.3) is 0 Å². The molecule has 24 heavy (non-hydrogen) atoms. The van der Waals surface area contributed by atoms with Crippen molar-refractivity contribution < 1.29 is 9.47 Å². The van der Waals surface area contributed by atoms with Crippen LogP contribution in [-0.4, -0.2) is 51.5 Å². The quantitative estimate of drug-likeness (QED) is 0.598. The lowest BCUT2D eigenvalue weighted by atomic mass is 9.55. The van der Waals surface area contributed by atoms with Gasteiger partial charge in [-0.25, -0.2) is 0 Å².